The average Bonchev–Trinajstić information content (AvgIpc) is 2.48. The lowest BCUT2D eigenvalue weighted by atomic mass is 9.99. The topological polar surface area (TPSA) is 34.2 Å². The molecule has 2 rings (SSSR count). The summed E-state index contributed by atoms with van der Waals surface area (Å²) in [6.07, 6.45) is 2.72. The fraction of sp³-hybridized carbons (Fsp3) is 0.312. The van der Waals surface area contributed by atoms with E-state index in [1.165, 1.54) is 11.1 Å². The molecule has 1 aromatic heterocycles. The number of pyridine rings is 1. The van der Waals surface area contributed by atoms with Crippen LogP contribution >= 0.6 is 0 Å². The van der Waals surface area contributed by atoms with Crippen LogP contribution in [0.5, 0.6) is 5.88 Å². The molecule has 0 radical (unpaired) electrons. The minimum Gasteiger partial charge on any atom is -0.481 e. The van der Waals surface area contributed by atoms with E-state index in [-0.39, 0.29) is 0 Å². The van der Waals surface area contributed by atoms with E-state index in [9.17, 15) is 0 Å². The van der Waals surface area contributed by atoms with Crippen LogP contribution < -0.4 is 10.1 Å². The monoisotopic (exact) mass is 256 g/mol. The number of benzene rings is 1. The molecule has 1 unspecified atom stereocenters. The van der Waals surface area contributed by atoms with E-state index in [0.717, 1.165) is 13.0 Å². The Morgan fingerprint density at radius 3 is 2.68 bits per heavy atom. The molecule has 0 aliphatic rings. The standard InChI is InChI=1S/C16H20N2O/c1-3-17-15(14-7-5-4-6-8-14)11-13-9-10-18-16(12-13)19-2/h4-10,12,15,17H,3,11H2,1-2H3. The van der Waals surface area contributed by atoms with Gasteiger partial charge in [0.1, 0.15) is 0 Å². The molecule has 0 saturated carbocycles. The van der Waals surface area contributed by atoms with Gasteiger partial charge >= 0.3 is 0 Å². The highest BCUT2D eigenvalue weighted by Crippen LogP contribution is 2.19. The third-order valence-electron chi connectivity index (χ3n) is 3.10. The molecule has 1 atom stereocenters. The summed E-state index contributed by atoms with van der Waals surface area (Å²) in [7, 11) is 1.64. The largest absolute Gasteiger partial charge is 0.481 e. The van der Waals surface area contributed by atoms with Crippen molar-refractivity contribution in [3.63, 3.8) is 0 Å². The van der Waals surface area contributed by atoms with E-state index in [0.29, 0.717) is 11.9 Å². The van der Waals surface area contributed by atoms with Crippen LogP contribution in [0.1, 0.15) is 24.1 Å². The van der Waals surface area contributed by atoms with Crippen LogP contribution in [0.25, 0.3) is 0 Å². The molecule has 0 spiro atoms. The number of ether oxygens (including phenoxy) is 1. The van der Waals surface area contributed by atoms with Gasteiger partial charge < -0.3 is 10.1 Å². The molecule has 0 fully saturated rings. The molecule has 0 bridgehead atoms. The van der Waals surface area contributed by atoms with Crippen LogP contribution in [0.3, 0.4) is 0 Å². The van der Waals surface area contributed by atoms with E-state index in [1.54, 1.807) is 13.3 Å². The van der Waals surface area contributed by atoms with Crippen molar-refractivity contribution in [2.45, 2.75) is 19.4 Å². The van der Waals surface area contributed by atoms with Gasteiger partial charge in [-0.15, -0.1) is 0 Å². The minimum atomic E-state index is 0.318. The second-order valence-electron chi connectivity index (χ2n) is 4.43. The van der Waals surface area contributed by atoms with Crippen LogP contribution in [0, 0.1) is 0 Å². The van der Waals surface area contributed by atoms with Gasteiger partial charge in [0.15, 0.2) is 0 Å². The molecule has 2 aromatic rings. The maximum Gasteiger partial charge on any atom is 0.213 e. The minimum absolute atomic E-state index is 0.318. The van der Waals surface area contributed by atoms with E-state index in [1.807, 2.05) is 18.2 Å². The number of likely N-dealkylation sites (N-methyl/N-ethyl adjacent to an activating group) is 1. The maximum atomic E-state index is 5.17. The van der Waals surface area contributed by atoms with Crippen LogP contribution in [0.2, 0.25) is 0 Å². The predicted octanol–water partition coefficient (Wildman–Crippen LogP) is 2.98. The molecule has 3 nitrogen and oxygen atoms in total. The van der Waals surface area contributed by atoms with Crippen molar-refractivity contribution in [3.8, 4) is 5.88 Å². The molecule has 0 aliphatic heterocycles. The highest BCUT2D eigenvalue weighted by molar-refractivity contribution is 5.25. The molecule has 19 heavy (non-hydrogen) atoms. The summed E-state index contributed by atoms with van der Waals surface area (Å²) in [4.78, 5) is 4.14. The van der Waals surface area contributed by atoms with Gasteiger partial charge in [-0.25, -0.2) is 4.98 Å². The zero-order chi connectivity index (χ0) is 13.5. The van der Waals surface area contributed by atoms with Gasteiger partial charge in [-0.2, -0.15) is 0 Å². The van der Waals surface area contributed by atoms with Crippen LogP contribution in [-0.2, 0) is 6.42 Å². The average molecular weight is 256 g/mol. The second kappa shape index (κ2) is 6.90. The lowest BCUT2D eigenvalue weighted by molar-refractivity contribution is 0.397. The Bertz CT molecular complexity index is 499. The third kappa shape index (κ3) is 3.80. The Kier molecular flexibility index (Phi) is 4.93. The van der Waals surface area contributed by atoms with Crippen molar-refractivity contribution in [3.05, 3.63) is 59.8 Å². The first kappa shape index (κ1) is 13.6. The molecule has 0 amide bonds. The van der Waals surface area contributed by atoms with Crippen LogP contribution in [0.4, 0.5) is 0 Å². The molecule has 0 aliphatic carbocycles. The number of methoxy groups -OCH3 is 1. The normalized spacial score (nSPS) is 12.1. The predicted molar refractivity (Wildman–Crippen MR) is 77.4 cm³/mol. The molecule has 1 N–H and O–H groups in total. The Labute approximate surface area is 114 Å². The fourth-order valence-corrected chi connectivity index (χ4v) is 2.16. The van der Waals surface area contributed by atoms with Crippen molar-refractivity contribution < 1.29 is 4.74 Å². The van der Waals surface area contributed by atoms with Crippen molar-refractivity contribution in [2.24, 2.45) is 0 Å². The van der Waals surface area contributed by atoms with E-state index >= 15 is 0 Å². The number of aromatic nitrogens is 1. The van der Waals surface area contributed by atoms with Crippen molar-refractivity contribution in [1.82, 2.24) is 10.3 Å². The number of hydrogen-bond acceptors (Lipinski definition) is 3. The number of nitrogens with one attached hydrogen (secondary N) is 1. The van der Waals surface area contributed by atoms with Crippen molar-refractivity contribution >= 4 is 0 Å². The molecule has 3 heteroatoms. The van der Waals surface area contributed by atoms with E-state index in [4.69, 9.17) is 4.74 Å². The van der Waals surface area contributed by atoms with E-state index < -0.39 is 0 Å². The second-order valence-corrected chi connectivity index (χ2v) is 4.43. The van der Waals surface area contributed by atoms with Gasteiger partial charge in [0, 0.05) is 18.3 Å². The highest BCUT2D eigenvalue weighted by Gasteiger charge is 2.11. The SMILES string of the molecule is CCNC(Cc1ccnc(OC)c1)c1ccccc1. The number of nitrogens with zero attached hydrogens (tertiary/aromatic N) is 1. The zero-order valence-electron chi connectivity index (χ0n) is 11.5. The maximum absolute atomic E-state index is 5.17. The smallest absolute Gasteiger partial charge is 0.213 e. The molecular weight excluding hydrogens is 236 g/mol. The van der Waals surface area contributed by atoms with Crippen molar-refractivity contribution in [1.29, 1.82) is 0 Å². The molecule has 1 aromatic carbocycles. The number of rotatable bonds is 6. The van der Waals surface area contributed by atoms with E-state index in [2.05, 4.69) is 41.5 Å². The lowest BCUT2D eigenvalue weighted by Crippen LogP contribution is -2.22. The highest BCUT2D eigenvalue weighted by atomic mass is 16.5. The Morgan fingerprint density at radius 2 is 2.00 bits per heavy atom. The molecular formula is C16H20N2O. The summed E-state index contributed by atoms with van der Waals surface area (Å²) in [5.41, 5.74) is 2.53. The summed E-state index contributed by atoms with van der Waals surface area (Å²) in [5, 5.41) is 3.52. The Hall–Kier alpha value is -1.87. The van der Waals surface area contributed by atoms with Crippen LogP contribution in [0.15, 0.2) is 48.7 Å². The lowest BCUT2D eigenvalue weighted by Gasteiger charge is -2.18. The van der Waals surface area contributed by atoms with Gasteiger partial charge in [0.05, 0.1) is 7.11 Å². The summed E-state index contributed by atoms with van der Waals surface area (Å²) >= 11 is 0. The number of hydrogen-bond donors (Lipinski definition) is 1. The molecule has 100 valence electrons. The summed E-state index contributed by atoms with van der Waals surface area (Å²) in [6, 6.07) is 14.9. The quantitative estimate of drug-likeness (QED) is 0.862. The Morgan fingerprint density at radius 1 is 1.21 bits per heavy atom. The molecule has 0 saturated heterocycles. The fourth-order valence-electron chi connectivity index (χ4n) is 2.16. The first-order valence-corrected chi connectivity index (χ1v) is 6.60. The van der Waals surface area contributed by atoms with Gasteiger partial charge in [-0.1, -0.05) is 37.3 Å². The van der Waals surface area contributed by atoms with Crippen molar-refractivity contribution in [2.75, 3.05) is 13.7 Å². The van der Waals surface area contributed by atoms with Gasteiger partial charge in [-0.05, 0) is 30.2 Å². The zero-order valence-corrected chi connectivity index (χ0v) is 11.5. The summed E-state index contributed by atoms with van der Waals surface area (Å²) in [6.45, 7) is 3.07. The third-order valence-corrected chi connectivity index (χ3v) is 3.10. The summed E-state index contributed by atoms with van der Waals surface area (Å²) < 4.78 is 5.17. The first-order chi connectivity index (χ1) is 9.33. The van der Waals surface area contributed by atoms with Crippen LogP contribution in [-0.4, -0.2) is 18.6 Å². The molecule has 1 heterocycles. The van der Waals surface area contributed by atoms with Gasteiger partial charge in [0.2, 0.25) is 5.88 Å². The summed E-state index contributed by atoms with van der Waals surface area (Å²) in [5.74, 6) is 0.667. The first-order valence-electron chi connectivity index (χ1n) is 6.60. The van der Waals surface area contributed by atoms with Gasteiger partial charge in [-0.3, -0.25) is 0 Å². The van der Waals surface area contributed by atoms with Gasteiger partial charge in [0.25, 0.3) is 0 Å². The Balaban J connectivity index is 2.16.